The fraction of sp³-hybridized carbons (Fsp3) is 0.167. The normalized spacial score (nSPS) is 18.6. The number of rotatable bonds is 2. The van der Waals surface area contributed by atoms with E-state index in [0.29, 0.717) is 0 Å². The highest BCUT2D eigenvalue weighted by atomic mass is 32.2. The van der Waals surface area contributed by atoms with Crippen molar-refractivity contribution in [1.29, 1.82) is 0 Å². The van der Waals surface area contributed by atoms with Gasteiger partial charge in [0.25, 0.3) is 0 Å². The zero-order valence-electron chi connectivity index (χ0n) is 11.4. The van der Waals surface area contributed by atoms with E-state index >= 15 is 0 Å². The van der Waals surface area contributed by atoms with Crippen molar-refractivity contribution in [2.24, 2.45) is 0 Å². The molecule has 4 rings (SSSR count). The first-order valence-corrected chi connectivity index (χ1v) is 8.05. The second-order valence-corrected chi connectivity index (χ2v) is 6.41. The fourth-order valence-corrected chi connectivity index (χ4v) is 4.35. The molecular formula is C18H15NOS. The second kappa shape index (κ2) is 5.17. The standard InChI is InChI=1S/C18H15NOS/c20-18(16-11-21-17-7-2-1-5-14(16)17)15-6-3-4-12-10-19-9-8-13(12)15/h1-10,16,18,20H,11H2. The van der Waals surface area contributed by atoms with Gasteiger partial charge in [0.1, 0.15) is 0 Å². The van der Waals surface area contributed by atoms with E-state index in [2.05, 4.69) is 29.2 Å². The molecule has 2 unspecified atom stereocenters. The highest BCUT2D eigenvalue weighted by Gasteiger charge is 2.30. The molecule has 0 radical (unpaired) electrons. The van der Waals surface area contributed by atoms with E-state index in [1.165, 1.54) is 10.5 Å². The number of hydrogen-bond acceptors (Lipinski definition) is 3. The number of pyridine rings is 1. The van der Waals surface area contributed by atoms with Gasteiger partial charge >= 0.3 is 0 Å². The fourth-order valence-electron chi connectivity index (χ4n) is 3.07. The third kappa shape index (κ3) is 2.13. The maximum Gasteiger partial charge on any atom is 0.0873 e. The largest absolute Gasteiger partial charge is 0.388 e. The van der Waals surface area contributed by atoms with Crippen LogP contribution in [-0.2, 0) is 0 Å². The molecule has 3 aromatic rings. The van der Waals surface area contributed by atoms with Crippen LogP contribution in [0.25, 0.3) is 10.8 Å². The minimum absolute atomic E-state index is 0.157. The van der Waals surface area contributed by atoms with Crippen molar-refractivity contribution < 1.29 is 5.11 Å². The molecule has 0 saturated heterocycles. The molecule has 1 aliphatic heterocycles. The maximum atomic E-state index is 10.9. The Balaban J connectivity index is 1.80. The Kier molecular flexibility index (Phi) is 3.17. The Morgan fingerprint density at radius 1 is 1.10 bits per heavy atom. The maximum absolute atomic E-state index is 10.9. The summed E-state index contributed by atoms with van der Waals surface area (Å²) < 4.78 is 0. The Hall–Kier alpha value is -1.84. The summed E-state index contributed by atoms with van der Waals surface area (Å²) in [5, 5.41) is 13.1. The number of aromatic nitrogens is 1. The zero-order valence-corrected chi connectivity index (χ0v) is 12.3. The lowest BCUT2D eigenvalue weighted by Gasteiger charge is -2.20. The van der Waals surface area contributed by atoms with Crippen molar-refractivity contribution in [1.82, 2.24) is 4.98 Å². The van der Waals surface area contributed by atoms with Gasteiger partial charge in [-0.2, -0.15) is 0 Å². The molecule has 0 aliphatic carbocycles. The van der Waals surface area contributed by atoms with Crippen molar-refractivity contribution >= 4 is 22.5 Å². The molecule has 21 heavy (non-hydrogen) atoms. The quantitative estimate of drug-likeness (QED) is 0.770. The van der Waals surface area contributed by atoms with Gasteiger partial charge in [0.2, 0.25) is 0 Å². The Labute approximate surface area is 127 Å². The first kappa shape index (κ1) is 12.9. The number of hydrogen-bond donors (Lipinski definition) is 1. The SMILES string of the molecule is OC(c1cccc2cnccc12)C1CSc2ccccc21. The van der Waals surface area contributed by atoms with Gasteiger partial charge < -0.3 is 5.11 Å². The minimum Gasteiger partial charge on any atom is -0.388 e. The van der Waals surface area contributed by atoms with Crippen LogP contribution >= 0.6 is 11.8 Å². The van der Waals surface area contributed by atoms with Crippen molar-refractivity contribution in [3.05, 3.63) is 72.1 Å². The topological polar surface area (TPSA) is 33.1 Å². The van der Waals surface area contributed by atoms with Crippen LogP contribution in [0.15, 0.2) is 65.8 Å². The smallest absolute Gasteiger partial charge is 0.0873 e. The predicted molar refractivity (Wildman–Crippen MR) is 86.6 cm³/mol. The van der Waals surface area contributed by atoms with Gasteiger partial charge in [-0.15, -0.1) is 11.8 Å². The van der Waals surface area contributed by atoms with E-state index in [0.717, 1.165) is 22.1 Å². The van der Waals surface area contributed by atoms with Crippen LogP contribution in [0.4, 0.5) is 0 Å². The zero-order chi connectivity index (χ0) is 14.2. The Morgan fingerprint density at radius 2 is 2.00 bits per heavy atom. The molecule has 2 nitrogen and oxygen atoms in total. The van der Waals surface area contributed by atoms with Crippen molar-refractivity contribution in [3.8, 4) is 0 Å². The third-order valence-electron chi connectivity index (χ3n) is 4.15. The molecule has 0 saturated carbocycles. The highest BCUT2D eigenvalue weighted by Crippen LogP contribution is 2.46. The number of aliphatic hydroxyl groups excluding tert-OH is 1. The first-order chi connectivity index (χ1) is 10.3. The second-order valence-electron chi connectivity index (χ2n) is 5.34. The summed E-state index contributed by atoms with van der Waals surface area (Å²) in [6, 6.07) is 16.4. The molecule has 2 aromatic carbocycles. The molecule has 0 amide bonds. The first-order valence-electron chi connectivity index (χ1n) is 7.07. The summed E-state index contributed by atoms with van der Waals surface area (Å²) in [5.41, 5.74) is 2.26. The number of benzene rings is 2. The van der Waals surface area contributed by atoms with E-state index in [1.54, 1.807) is 6.20 Å². The van der Waals surface area contributed by atoms with Crippen LogP contribution in [0, 0.1) is 0 Å². The summed E-state index contributed by atoms with van der Waals surface area (Å²) in [6.45, 7) is 0. The summed E-state index contributed by atoms with van der Waals surface area (Å²) in [6.07, 6.45) is 3.16. The lowest BCUT2D eigenvalue weighted by Crippen LogP contribution is -2.11. The number of fused-ring (bicyclic) bond motifs is 2. The van der Waals surface area contributed by atoms with Gasteiger partial charge in [0.05, 0.1) is 6.10 Å². The molecule has 1 N–H and O–H groups in total. The average Bonchev–Trinajstić information content (AvgIpc) is 2.98. The predicted octanol–water partition coefficient (Wildman–Crippen LogP) is 4.16. The molecule has 104 valence electrons. The van der Waals surface area contributed by atoms with Gasteiger partial charge in [-0.05, 0) is 28.6 Å². The Bertz CT molecular complexity index is 797. The van der Waals surface area contributed by atoms with Crippen LogP contribution in [0.3, 0.4) is 0 Å². The molecule has 2 heterocycles. The van der Waals surface area contributed by atoms with Crippen molar-refractivity contribution in [2.75, 3.05) is 5.75 Å². The molecule has 0 bridgehead atoms. The van der Waals surface area contributed by atoms with Crippen LogP contribution in [0.2, 0.25) is 0 Å². The highest BCUT2D eigenvalue weighted by molar-refractivity contribution is 7.99. The average molecular weight is 293 g/mol. The van der Waals surface area contributed by atoms with E-state index in [1.807, 2.05) is 42.2 Å². The van der Waals surface area contributed by atoms with Gasteiger partial charge in [-0.25, -0.2) is 0 Å². The Morgan fingerprint density at radius 3 is 2.95 bits per heavy atom. The molecule has 2 atom stereocenters. The van der Waals surface area contributed by atoms with Gasteiger partial charge in [-0.3, -0.25) is 4.98 Å². The van der Waals surface area contributed by atoms with Gasteiger partial charge in [-0.1, -0.05) is 36.4 Å². The van der Waals surface area contributed by atoms with Crippen LogP contribution < -0.4 is 0 Å². The van der Waals surface area contributed by atoms with E-state index < -0.39 is 6.10 Å². The lowest BCUT2D eigenvalue weighted by atomic mass is 9.89. The van der Waals surface area contributed by atoms with Crippen molar-refractivity contribution in [3.63, 3.8) is 0 Å². The van der Waals surface area contributed by atoms with Crippen LogP contribution in [-0.4, -0.2) is 15.8 Å². The minimum atomic E-state index is -0.479. The molecule has 0 spiro atoms. The molecular weight excluding hydrogens is 278 g/mol. The summed E-state index contributed by atoms with van der Waals surface area (Å²) in [5.74, 6) is 1.09. The summed E-state index contributed by atoms with van der Waals surface area (Å²) in [4.78, 5) is 5.46. The van der Waals surface area contributed by atoms with Crippen LogP contribution in [0.1, 0.15) is 23.1 Å². The van der Waals surface area contributed by atoms with E-state index in [4.69, 9.17) is 0 Å². The number of aliphatic hydroxyl groups is 1. The molecule has 3 heteroatoms. The molecule has 0 fully saturated rings. The number of nitrogens with zero attached hydrogens (tertiary/aromatic N) is 1. The lowest BCUT2D eigenvalue weighted by molar-refractivity contribution is 0.155. The van der Waals surface area contributed by atoms with Crippen molar-refractivity contribution in [2.45, 2.75) is 16.9 Å². The molecule has 1 aromatic heterocycles. The van der Waals surface area contributed by atoms with E-state index in [9.17, 15) is 5.11 Å². The van der Waals surface area contributed by atoms with Gasteiger partial charge in [0, 0.05) is 34.3 Å². The number of thioether (sulfide) groups is 1. The van der Waals surface area contributed by atoms with Gasteiger partial charge in [0.15, 0.2) is 0 Å². The third-order valence-corrected chi connectivity index (χ3v) is 5.36. The van der Waals surface area contributed by atoms with Crippen LogP contribution in [0.5, 0.6) is 0 Å². The van der Waals surface area contributed by atoms with E-state index in [-0.39, 0.29) is 5.92 Å². The monoisotopic (exact) mass is 293 g/mol. The summed E-state index contributed by atoms with van der Waals surface area (Å²) >= 11 is 1.83. The summed E-state index contributed by atoms with van der Waals surface area (Å²) in [7, 11) is 0. The molecule has 1 aliphatic rings.